The molecule has 21 heavy (non-hydrogen) atoms. The van der Waals surface area contributed by atoms with Gasteiger partial charge in [-0.2, -0.15) is 0 Å². The van der Waals surface area contributed by atoms with E-state index in [2.05, 4.69) is 22.1 Å². The van der Waals surface area contributed by atoms with Crippen molar-refractivity contribution in [1.29, 1.82) is 0 Å². The van der Waals surface area contributed by atoms with E-state index in [1.807, 2.05) is 6.20 Å². The first kappa shape index (κ1) is 14.9. The summed E-state index contributed by atoms with van der Waals surface area (Å²) in [4.78, 5) is 18.8. The van der Waals surface area contributed by atoms with E-state index in [9.17, 15) is 4.79 Å². The SMILES string of the molecule is Cc1cnc(CNC2CC(N(CC(=O)O)CC3CC3)C2)s1. The number of aromatic nitrogens is 1. The molecule has 116 valence electrons. The quantitative estimate of drug-likeness (QED) is 0.767. The number of thiazole rings is 1. The number of carboxylic acids is 1. The third-order valence-electron chi connectivity index (χ3n) is 4.37. The highest BCUT2D eigenvalue weighted by Crippen LogP contribution is 2.33. The zero-order chi connectivity index (χ0) is 14.8. The fraction of sp³-hybridized carbons (Fsp3) is 0.733. The molecule has 0 spiro atoms. The molecule has 5 nitrogen and oxygen atoms in total. The Balaban J connectivity index is 1.41. The van der Waals surface area contributed by atoms with E-state index < -0.39 is 5.97 Å². The number of aliphatic carboxylic acids is 1. The van der Waals surface area contributed by atoms with Crippen LogP contribution in [0.15, 0.2) is 6.20 Å². The molecule has 1 heterocycles. The number of nitrogens with zero attached hydrogens (tertiary/aromatic N) is 2. The van der Waals surface area contributed by atoms with Crippen molar-refractivity contribution in [2.24, 2.45) is 5.92 Å². The maximum Gasteiger partial charge on any atom is 0.317 e. The molecule has 0 bridgehead atoms. The van der Waals surface area contributed by atoms with Gasteiger partial charge in [-0.3, -0.25) is 9.69 Å². The van der Waals surface area contributed by atoms with E-state index >= 15 is 0 Å². The van der Waals surface area contributed by atoms with E-state index in [0.29, 0.717) is 12.1 Å². The summed E-state index contributed by atoms with van der Waals surface area (Å²) in [6.45, 7) is 4.06. The van der Waals surface area contributed by atoms with Gasteiger partial charge < -0.3 is 10.4 Å². The highest BCUT2D eigenvalue weighted by atomic mass is 32.1. The van der Waals surface area contributed by atoms with E-state index in [0.717, 1.165) is 36.9 Å². The minimum absolute atomic E-state index is 0.194. The summed E-state index contributed by atoms with van der Waals surface area (Å²) < 4.78 is 0. The zero-order valence-corrected chi connectivity index (χ0v) is 13.2. The highest BCUT2D eigenvalue weighted by Gasteiger charge is 2.36. The van der Waals surface area contributed by atoms with Crippen LogP contribution in [-0.2, 0) is 11.3 Å². The van der Waals surface area contributed by atoms with Crippen LogP contribution in [0.4, 0.5) is 0 Å². The molecule has 2 fully saturated rings. The van der Waals surface area contributed by atoms with Crippen molar-refractivity contribution in [3.63, 3.8) is 0 Å². The van der Waals surface area contributed by atoms with Gasteiger partial charge in [-0.05, 0) is 38.5 Å². The van der Waals surface area contributed by atoms with E-state index in [1.54, 1.807) is 11.3 Å². The molecule has 0 saturated heterocycles. The summed E-state index contributed by atoms with van der Waals surface area (Å²) in [5.41, 5.74) is 0. The molecule has 2 saturated carbocycles. The molecule has 2 N–H and O–H groups in total. The van der Waals surface area contributed by atoms with Crippen LogP contribution in [0.3, 0.4) is 0 Å². The van der Waals surface area contributed by atoms with Crippen LogP contribution in [0.25, 0.3) is 0 Å². The van der Waals surface area contributed by atoms with Crippen molar-refractivity contribution in [1.82, 2.24) is 15.2 Å². The second kappa shape index (κ2) is 6.42. The molecule has 0 aliphatic heterocycles. The second-order valence-electron chi connectivity index (χ2n) is 6.33. The van der Waals surface area contributed by atoms with Crippen molar-refractivity contribution >= 4 is 17.3 Å². The standard InChI is InChI=1S/C15H23N3O2S/c1-10-6-17-14(21-10)7-16-12-4-13(5-12)18(9-15(19)20)8-11-2-3-11/h6,11-13,16H,2-5,7-9H2,1H3,(H,19,20). The minimum atomic E-state index is -0.703. The van der Waals surface area contributed by atoms with Crippen LogP contribution in [0.1, 0.15) is 35.6 Å². The molecule has 0 aromatic carbocycles. The zero-order valence-electron chi connectivity index (χ0n) is 12.4. The van der Waals surface area contributed by atoms with E-state index in [4.69, 9.17) is 5.11 Å². The third kappa shape index (κ3) is 4.25. The lowest BCUT2D eigenvalue weighted by Crippen LogP contribution is -2.54. The van der Waals surface area contributed by atoms with Gasteiger partial charge in [-0.25, -0.2) is 4.98 Å². The fourth-order valence-corrected chi connectivity index (χ4v) is 3.65. The Bertz CT molecular complexity index is 495. The molecule has 1 aromatic heterocycles. The largest absolute Gasteiger partial charge is 0.480 e. The van der Waals surface area contributed by atoms with Crippen molar-refractivity contribution < 1.29 is 9.90 Å². The minimum Gasteiger partial charge on any atom is -0.480 e. The average Bonchev–Trinajstić information content (AvgIpc) is 3.07. The van der Waals surface area contributed by atoms with Gasteiger partial charge in [-0.15, -0.1) is 11.3 Å². The summed E-state index contributed by atoms with van der Waals surface area (Å²) in [5.74, 6) is 0.0416. The molecule has 1 aromatic rings. The van der Waals surface area contributed by atoms with Crippen LogP contribution in [0.2, 0.25) is 0 Å². The molecule has 0 atom stereocenters. The summed E-state index contributed by atoms with van der Waals surface area (Å²) in [5, 5.41) is 13.7. The van der Waals surface area contributed by atoms with Crippen molar-refractivity contribution in [3.05, 3.63) is 16.1 Å². The number of hydrogen-bond acceptors (Lipinski definition) is 5. The Hall–Kier alpha value is -0.980. The van der Waals surface area contributed by atoms with Gasteiger partial charge in [0.25, 0.3) is 0 Å². The monoisotopic (exact) mass is 309 g/mol. The molecule has 2 aliphatic carbocycles. The van der Waals surface area contributed by atoms with Crippen LogP contribution in [0.5, 0.6) is 0 Å². The van der Waals surface area contributed by atoms with Gasteiger partial charge in [0.1, 0.15) is 5.01 Å². The number of rotatable bonds is 8. The van der Waals surface area contributed by atoms with Gasteiger partial charge in [0.2, 0.25) is 0 Å². The lowest BCUT2D eigenvalue weighted by molar-refractivity contribution is -0.139. The molecular formula is C15H23N3O2S. The number of carbonyl (C=O) groups is 1. The van der Waals surface area contributed by atoms with Gasteiger partial charge >= 0.3 is 5.97 Å². The Morgan fingerprint density at radius 3 is 2.86 bits per heavy atom. The Morgan fingerprint density at radius 1 is 1.52 bits per heavy atom. The third-order valence-corrected chi connectivity index (χ3v) is 5.28. The van der Waals surface area contributed by atoms with Gasteiger partial charge in [-0.1, -0.05) is 0 Å². The number of hydrogen-bond donors (Lipinski definition) is 2. The van der Waals surface area contributed by atoms with Crippen molar-refractivity contribution in [2.75, 3.05) is 13.1 Å². The van der Waals surface area contributed by atoms with Crippen molar-refractivity contribution in [3.8, 4) is 0 Å². The first-order chi connectivity index (χ1) is 10.1. The maximum absolute atomic E-state index is 11.0. The Labute approximate surface area is 129 Å². The maximum atomic E-state index is 11.0. The molecule has 0 amide bonds. The summed E-state index contributed by atoms with van der Waals surface area (Å²) >= 11 is 1.73. The van der Waals surface area contributed by atoms with E-state index in [1.165, 1.54) is 17.7 Å². The summed E-state index contributed by atoms with van der Waals surface area (Å²) in [6, 6.07) is 0.951. The Morgan fingerprint density at radius 2 is 2.29 bits per heavy atom. The average molecular weight is 309 g/mol. The van der Waals surface area contributed by atoms with Crippen molar-refractivity contribution in [2.45, 2.75) is 51.2 Å². The summed E-state index contributed by atoms with van der Waals surface area (Å²) in [7, 11) is 0. The highest BCUT2D eigenvalue weighted by molar-refractivity contribution is 7.11. The van der Waals surface area contributed by atoms with Crippen LogP contribution >= 0.6 is 11.3 Å². The number of nitrogens with one attached hydrogen (secondary N) is 1. The van der Waals surface area contributed by atoms with Gasteiger partial charge in [0, 0.05) is 36.2 Å². The Kier molecular flexibility index (Phi) is 4.57. The van der Waals surface area contributed by atoms with Crippen LogP contribution in [0, 0.1) is 12.8 Å². The van der Waals surface area contributed by atoms with E-state index in [-0.39, 0.29) is 6.54 Å². The number of carboxylic acid groups (broad SMARTS) is 1. The van der Waals surface area contributed by atoms with Gasteiger partial charge in [0.05, 0.1) is 6.54 Å². The molecule has 2 aliphatic rings. The normalized spacial score (nSPS) is 25.0. The number of aryl methyl sites for hydroxylation is 1. The molecular weight excluding hydrogens is 286 g/mol. The molecule has 0 unspecified atom stereocenters. The van der Waals surface area contributed by atoms with Crippen LogP contribution in [-0.4, -0.2) is 46.1 Å². The van der Waals surface area contributed by atoms with Crippen LogP contribution < -0.4 is 5.32 Å². The predicted molar refractivity (Wildman–Crippen MR) is 82.4 cm³/mol. The molecule has 0 radical (unpaired) electrons. The predicted octanol–water partition coefficient (Wildman–Crippen LogP) is 1.87. The summed E-state index contributed by atoms with van der Waals surface area (Å²) in [6.07, 6.45) is 6.58. The lowest BCUT2D eigenvalue weighted by atomic mass is 9.85. The van der Waals surface area contributed by atoms with Gasteiger partial charge in [0.15, 0.2) is 0 Å². The topological polar surface area (TPSA) is 65.5 Å². The fourth-order valence-electron chi connectivity index (χ4n) is 2.92. The molecule has 6 heteroatoms. The smallest absolute Gasteiger partial charge is 0.317 e. The molecule has 3 rings (SSSR count). The second-order valence-corrected chi connectivity index (χ2v) is 7.65. The first-order valence-corrected chi connectivity index (χ1v) is 8.52. The lowest BCUT2D eigenvalue weighted by Gasteiger charge is -2.42. The first-order valence-electron chi connectivity index (χ1n) is 7.70.